The first-order valence-electron chi connectivity index (χ1n) is 8.59. The van der Waals surface area contributed by atoms with Gasteiger partial charge in [-0.25, -0.2) is 0 Å². The van der Waals surface area contributed by atoms with Crippen molar-refractivity contribution in [3.05, 3.63) is 59.7 Å². The Labute approximate surface area is 151 Å². The zero-order valence-electron chi connectivity index (χ0n) is 14.2. The van der Waals surface area contributed by atoms with Gasteiger partial charge in [-0.1, -0.05) is 30.3 Å². The fraction of sp³-hybridized carbons (Fsp3) is 0.350. The van der Waals surface area contributed by atoms with Crippen molar-refractivity contribution >= 4 is 5.78 Å². The lowest BCUT2D eigenvalue weighted by Crippen LogP contribution is -2.34. The number of carbonyl (C=O) groups is 1. The van der Waals surface area contributed by atoms with Crippen LogP contribution in [-0.4, -0.2) is 42.6 Å². The molecule has 1 fully saturated rings. The van der Waals surface area contributed by atoms with E-state index in [1.807, 2.05) is 30.3 Å². The minimum atomic E-state index is -0.742. The molecule has 0 saturated carbocycles. The van der Waals surface area contributed by atoms with Crippen LogP contribution in [-0.2, 0) is 16.1 Å². The summed E-state index contributed by atoms with van der Waals surface area (Å²) in [6.45, 7) is 0.694. The molecule has 26 heavy (non-hydrogen) atoms. The molecule has 2 aromatic rings. The molecule has 0 radical (unpaired) electrons. The second-order valence-electron chi connectivity index (χ2n) is 6.40. The van der Waals surface area contributed by atoms with Crippen molar-refractivity contribution in [2.45, 2.75) is 31.3 Å². The minimum Gasteiger partial charge on any atom is -0.454 e. The van der Waals surface area contributed by atoms with Crippen molar-refractivity contribution in [3.63, 3.8) is 0 Å². The van der Waals surface area contributed by atoms with E-state index in [2.05, 4.69) is 0 Å². The Kier molecular flexibility index (Phi) is 4.88. The summed E-state index contributed by atoms with van der Waals surface area (Å²) in [5.41, 5.74) is 1.54. The lowest BCUT2D eigenvalue weighted by Gasteiger charge is -2.20. The first kappa shape index (κ1) is 17.0. The number of carbonyl (C=O) groups excluding carboxylic acids is 1. The molecule has 1 saturated heterocycles. The number of fused-ring (bicyclic) bond motifs is 1. The van der Waals surface area contributed by atoms with E-state index < -0.39 is 18.3 Å². The normalized spacial score (nSPS) is 24.0. The van der Waals surface area contributed by atoms with Crippen LogP contribution in [0.2, 0.25) is 0 Å². The maximum Gasteiger partial charge on any atom is 0.231 e. The van der Waals surface area contributed by atoms with Crippen LogP contribution in [0.25, 0.3) is 0 Å². The summed E-state index contributed by atoms with van der Waals surface area (Å²) in [5.74, 6) is 1.12. The van der Waals surface area contributed by atoms with Gasteiger partial charge in [0.05, 0.1) is 19.3 Å². The Morgan fingerprint density at radius 2 is 1.92 bits per heavy atom. The number of ketones is 1. The van der Waals surface area contributed by atoms with Crippen molar-refractivity contribution in [2.75, 3.05) is 13.4 Å². The molecule has 3 atom stereocenters. The summed E-state index contributed by atoms with van der Waals surface area (Å²) in [6.07, 6.45) is -1.62. The number of benzene rings is 2. The van der Waals surface area contributed by atoms with E-state index in [4.69, 9.17) is 18.9 Å². The lowest BCUT2D eigenvalue weighted by atomic mass is 10.0. The van der Waals surface area contributed by atoms with E-state index in [0.29, 0.717) is 23.7 Å². The van der Waals surface area contributed by atoms with Gasteiger partial charge in [-0.05, 0) is 23.8 Å². The molecular formula is C20H20O6. The average molecular weight is 356 g/mol. The van der Waals surface area contributed by atoms with Crippen LogP contribution in [0.5, 0.6) is 11.5 Å². The van der Waals surface area contributed by atoms with Crippen LogP contribution >= 0.6 is 0 Å². The Bertz CT molecular complexity index is 775. The molecular weight excluding hydrogens is 336 g/mol. The van der Waals surface area contributed by atoms with Gasteiger partial charge in [-0.2, -0.15) is 0 Å². The van der Waals surface area contributed by atoms with Crippen LogP contribution in [0, 0.1) is 0 Å². The van der Waals surface area contributed by atoms with Crippen LogP contribution in [0.15, 0.2) is 48.5 Å². The number of rotatable bonds is 6. The summed E-state index contributed by atoms with van der Waals surface area (Å²) in [4.78, 5) is 12.6. The van der Waals surface area contributed by atoms with Gasteiger partial charge in [0.1, 0.15) is 12.2 Å². The molecule has 0 aliphatic carbocycles. The Balaban J connectivity index is 1.40. The third kappa shape index (κ3) is 3.58. The maximum absolute atomic E-state index is 12.6. The van der Waals surface area contributed by atoms with E-state index in [0.717, 1.165) is 5.56 Å². The second-order valence-corrected chi connectivity index (χ2v) is 6.40. The van der Waals surface area contributed by atoms with Crippen molar-refractivity contribution in [1.29, 1.82) is 0 Å². The number of hydrogen-bond acceptors (Lipinski definition) is 6. The number of ether oxygens (including phenoxy) is 4. The van der Waals surface area contributed by atoms with Gasteiger partial charge in [0.25, 0.3) is 0 Å². The molecule has 0 bridgehead atoms. The van der Waals surface area contributed by atoms with Gasteiger partial charge >= 0.3 is 0 Å². The summed E-state index contributed by atoms with van der Waals surface area (Å²) < 4.78 is 22.0. The number of Topliss-reactive ketones (excluding diaryl/α,β-unsaturated/α-hetero) is 1. The monoisotopic (exact) mass is 356 g/mol. The quantitative estimate of drug-likeness (QED) is 0.801. The fourth-order valence-corrected chi connectivity index (χ4v) is 3.19. The Hall–Kier alpha value is -2.41. The summed E-state index contributed by atoms with van der Waals surface area (Å²) in [6, 6.07) is 14.8. The van der Waals surface area contributed by atoms with Crippen LogP contribution in [0.4, 0.5) is 0 Å². The molecule has 6 nitrogen and oxygen atoms in total. The van der Waals surface area contributed by atoms with Crippen molar-refractivity contribution in [2.24, 2.45) is 0 Å². The van der Waals surface area contributed by atoms with Gasteiger partial charge in [0, 0.05) is 12.0 Å². The molecule has 0 spiro atoms. The predicted molar refractivity (Wildman–Crippen MR) is 92.3 cm³/mol. The SMILES string of the molecule is O=C(C[C@H]1OC[C@@H](O)[C@H]1OCc1ccccc1)c1ccc2c(c1)OCO2. The Morgan fingerprint density at radius 1 is 1.12 bits per heavy atom. The lowest BCUT2D eigenvalue weighted by molar-refractivity contribution is -0.0459. The highest BCUT2D eigenvalue weighted by Crippen LogP contribution is 2.33. The maximum atomic E-state index is 12.6. The van der Waals surface area contributed by atoms with Crippen LogP contribution < -0.4 is 9.47 Å². The summed E-state index contributed by atoms with van der Waals surface area (Å²) in [5, 5.41) is 10.1. The van der Waals surface area contributed by atoms with E-state index in [9.17, 15) is 9.90 Å². The highest BCUT2D eigenvalue weighted by Gasteiger charge is 2.38. The second kappa shape index (κ2) is 7.45. The molecule has 4 rings (SSSR count). The molecule has 1 N–H and O–H groups in total. The highest BCUT2D eigenvalue weighted by atomic mass is 16.7. The van der Waals surface area contributed by atoms with E-state index in [1.54, 1.807) is 18.2 Å². The van der Waals surface area contributed by atoms with E-state index >= 15 is 0 Å². The molecule has 2 heterocycles. The molecule has 0 unspecified atom stereocenters. The number of aliphatic hydroxyl groups excluding tert-OH is 1. The average Bonchev–Trinajstić information content (AvgIpc) is 3.27. The summed E-state index contributed by atoms with van der Waals surface area (Å²) in [7, 11) is 0. The first-order valence-corrected chi connectivity index (χ1v) is 8.59. The van der Waals surface area contributed by atoms with Crippen molar-refractivity contribution in [3.8, 4) is 11.5 Å². The number of hydrogen-bond donors (Lipinski definition) is 1. The standard InChI is InChI=1S/C20H20O6/c21-15(14-6-7-17-18(8-14)26-12-25-17)9-19-20(16(22)11-23-19)24-10-13-4-2-1-3-5-13/h1-8,16,19-20,22H,9-12H2/t16-,19-,20-/m1/s1. The predicted octanol–water partition coefficient (Wildman–Crippen LogP) is 2.33. The minimum absolute atomic E-state index is 0.0873. The molecule has 2 aliphatic heterocycles. The van der Waals surface area contributed by atoms with Gasteiger partial charge in [0.2, 0.25) is 6.79 Å². The zero-order valence-corrected chi connectivity index (χ0v) is 14.2. The van der Waals surface area contributed by atoms with E-state index in [1.165, 1.54) is 0 Å². The zero-order chi connectivity index (χ0) is 17.9. The molecule has 0 amide bonds. The molecule has 6 heteroatoms. The van der Waals surface area contributed by atoms with Crippen molar-refractivity contribution in [1.82, 2.24) is 0 Å². The van der Waals surface area contributed by atoms with Gasteiger partial charge < -0.3 is 24.1 Å². The topological polar surface area (TPSA) is 74.2 Å². The van der Waals surface area contributed by atoms with Gasteiger partial charge in [-0.15, -0.1) is 0 Å². The summed E-state index contributed by atoms with van der Waals surface area (Å²) >= 11 is 0. The van der Waals surface area contributed by atoms with Gasteiger partial charge in [0.15, 0.2) is 17.3 Å². The van der Waals surface area contributed by atoms with Crippen LogP contribution in [0.1, 0.15) is 22.3 Å². The molecule has 136 valence electrons. The molecule has 2 aliphatic rings. The van der Waals surface area contributed by atoms with E-state index in [-0.39, 0.29) is 25.6 Å². The number of aliphatic hydroxyl groups is 1. The highest BCUT2D eigenvalue weighted by molar-refractivity contribution is 5.97. The fourth-order valence-electron chi connectivity index (χ4n) is 3.19. The third-order valence-corrected chi connectivity index (χ3v) is 4.59. The third-order valence-electron chi connectivity index (χ3n) is 4.59. The largest absolute Gasteiger partial charge is 0.454 e. The smallest absolute Gasteiger partial charge is 0.231 e. The van der Waals surface area contributed by atoms with Gasteiger partial charge in [-0.3, -0.25) is 4.79 Å². The molecule has 2 aromatic carbocycles. The van der Waals surface area contributed by atoms with Crippen molar-refractivity contribution < 1.29 is 28.8 Å². The molecule has 0 aromatic heterocycles. The Morgan fingerprint density at radius 3 is 2.77 bits per heavy atom. The van der Waals surface area contributed by atoms with Crippen LogP contribution in [0.3, 0.4) is 0 Å². The first-order chi connectivity index (χ1) is 12.7.